The molecule has 0 saturated carbocycles. The van der Waals surface area contributed by atoms with E-state index in [-0.39, 0.29) is 9.38 Å². The SMILES string of the molecule is CSC(=NS(=O)(=O)c1cccs1)Nn1cnnc1. The quantitative estimate of drug-likeness (QED) is 0.672. The summed E-state index contributed by atoms with van der Waals surface area (Å²) in [4.78, 5) is 0. The van der Waals surface area contributed by atoms with Crippen LogP contribution in [0.2, 0.25) is 0 Å². The molecule has 7 nitrogen and oxygen atoms in total. The molecule has 96 valence electrons. The monoisotopic (exact) mass is 303 g/mol. The van der Waals surface area contributed by atoms with Gasteiger partial charge in [0, 0.05) is 0 Å². The lowest BCUT2D eigenvalue weighted by Gasteiger charge is -2.06. The number of rotatable bonds is 3. The van der Waals surface area contributed by atoms with Crippen LogP contribution in [-0.2, 0) is 10.0 Å². The third kappa shape index (κ3) is 3.09. The first-order valence-electron chi connectivity index (χ1n) is 4.66. The van der Waals surface area contributed by atoms with Crippen molar-refractivity contribution < 1.29 is 8.42 Å². The number of nitrogens with one attached hydrogen (secondary N) is 1. The van der Waals surface area contributed by atoms with Gasteiger partial charge in [0.25, 0.3) is 10.0 Å². The van der Waals surface area contributed by atoms with Gasteiger partial charge in [-0.2, -0.15) is 8.42 Å². The van der Waals surface area contributed by atoms with Crippen LogP contribution >= 0.6 is 23.1 Å². The van der Waals surface area contributed by atoms with Crippen LogP contribution in [0.25, 0.3) is 0 Å². The van der Waals surface area contributed by atoms with Crippen molar-refractivity contribution in [3.63, 3.8) is 0 Å². The fourth-order valence-corrected chi connectivity index (χ4v) is 3.64. The molecule has 0 aliphatic rings. The highest BCUT2D eigenvalue weighted by Gasteiger charge is 2.15. The molecule has 1 N–H and O–H groups in total. The summed E-state index contributed by atoms with van der Waals surface area (Å²) in [5.41, 5.74) is 2.76. The Morgan fingerprint density at radius 1 is 1.50 bits per heavy atom. The molecule has 0 amide bonds. The Kier molecular flexibility index (Phi) is 3.99. The predicted molar refractivity (Wildman–Crippen MR) is 71.8 cm³/mol. The van der Waals surface area contributed by atoms with Gasteiger partial charge in [0.05, 0.1) is 0 Å². The molecule has 2 heterocycles. The summed E-state index contributed by atoms with van der Waals surface area (Å²) in [6.07, 6.45) is 4.53. The summed E-state index contributed by atoms with van der Waals surface area (Å²) in [5, 5.41) is 9.12. The topological polar surface area (TPSA) is 89.2 Å². The maximum Gasteiger partial charge on any atom is 0.294 e. The number of hydrogen-bond donors (Lipinski definition) is 1. The molecule has 0 spiro atoms. The maximum absolute atomic E-state index is 11.9. The van der Waals surface area contributed by atoms with E-state index in [0.717, 1.165) is 11.3 Å². The average Bonchev–Trinajstić information content (AvgIpc) is 3.00. The van der Waals surface area contributed by atoms with Gasteiger partial charge in [-0.05, 0) is 17.7 Å². The zero-order chi connectivity index (χ0) is 13.0. The molecule has 0 fully saturated rings. The Bertz CT molecular complexity index is 618. The number of nitrogens with zero attached hydrogens (tertiary/aromatic N) is 4. The van der Waals surface area contributed by atoms with Gasteiger partial charge in [-0.1, -0.05) is 17.8 Å². The van der Waals surface area contributed by atoms with E-state index >= 15 is 0 Å². The van der Waals surface area contributed by atoms with Crippen LogP contribution in [0.5, 0.6) is 0 Å². The predicted octanol–water partition coefficient (Wildman–Crippen LogP) is 0.991. The summed E-state index contributed by atoms with van der Waals surface area (Å²) in [6.45, 7) is 0. The van der Waals surface area contributed by atoms with E-state index < -0.39 is 10.0 Å². The lowest BCUT2D eigenvalue weighted by atomic mass is 10.7. The fraction of sp³-hybridized carbons (Fsp3) is 0.125. The number of sulfonamides is 1. The first-order valence-corrected chi connectivity index (χ1v) is 8.20. The van der Waals surface area contributed by atoms with Crippen molar-refractivity contribution in [1.29, 1.82) is 0 Å². The molecule has 0 aliphatic carbocycles. The van der Waals surface area contributed by atoms with Gasteiger partial charge in [0.15, 0.2) is 5.17 Å². The van der Waals surface area contributed by atoms with Crippen molar-refractivity contribution >= 4 is 38.3 Å². The lowest BCUT2D eigenvalue weighted by Crippen LogP contribution is -2.19. The molecule has 0 unspecified atom stereocenters. The molecule has 2 aromatic rings. The van der Waals surface area contributed by atoms with Crippen molar-refractivity contribution in [2.45, 2.75) is 4.21 Å². The molecule has 0 aliphatic heterocycles. The summed E-state index contributed by atoms with van der Waals surface area (Å²) >= 11 is 2.31. The van der Waals surface area contributed by atoms with Gasteiger partial charge in [-0.25, -0.2) is 4.68 Å². The summed E-state index contributed by atoms with van der Waals surface area (Å²) in [6, 6.07) is 3.18. The highest BCUT2D eigenvalue weighted by molar-refractivity contribution is 8.14. The molecular formula is C8H9N5O2S3. The highest BCUT2D eigenvalue weighted by atomic mass is 32.2. The Morgan fingerprint density at radius 2 is 2.22 bits per heavy atom. The Balaban J connectivity index is 2.25. The third-order valence-corrected chi connectivity index (χ3v) is 5.12. The van der Waals surface area contributed by atoms with Gasteiger partial charge in [0.1, 0.15) is 16.9 Å². The van der Waals surface area contributed by atoms with Crippen LogP contribution < -0.4 is 5.43 Å². The van der Waals surface area contributed by atoms with Gasteiger partial charge >= 0.3 is 0 Å². The van der Waals surface area contributed by atoms with Crippen LogP contribution in [-0.4, -0.2) is 34.7 Å². The Morgan fingerprint density at radius 3 is 2.78 bits per heavy atom. The van der Waals surface area contributed by atoms with Gasteiger partial charge < -0.3 is 0 Å². The van der Waals surface area contributed by atoms with Crippen molar-refractivity contribution in [3.05, 3.63) is 30.2 Å². The normalized spacial score (nSPS) is 12.6. The molecule has 10 heteroatoms. The number of thiophene rings is 1. The molecule has 2 rings (SSSR count). The van der Waals surface area contributed by atoms with Gasteiger partial charge in [-0.15, -0.1) is 25.9 Å². The third-order valence-electron chi connectivity index (χ3n) is 1.79. The Hall–Kier alpha value is -1.39. The number of thioether (sulfide) groups is 1. The minimum atomic E-state index is -3.66. The second-order valence-corrected chi connectivity index (χ2v) is 6.56. The summed E-state index contributed by atoms with van der Waals surface area (Å²) in [7, 11) is -3.66. The number of hydrogen-bond acceptors (Lipinski definition) is 6. The summed E-state index contributed by atoms with van der Waals surface area (Å²) in [5.74, 6) is 0. The van der Waals surface area contributed by atoms with Crippen LogP contribution in [0.15, 0.2) is 38.8 Å². The first-order chi connectivity index (χ1) is 8.62. The van der Waals surface area contributed by atoms with Crippen molar-refractivity contribution in [1.82, 2.24) is 14.9 Å². The minimum Gasteiger partial charge on any atom is -0.269 e. The standard InChI is InChI=1S/C8H9N5O2S3/c1-16-8(11-13-5-9-10-6-13)12-18(14,15)7-3-2-4-17-7/h2-6H,1H3,(H,11,12). The number of amidine groups is 1. The van der Waals surface area contributed by atoms with Crippen LogP contribution in [0.3, 0.4) is 0 Å². The van der Waals surface area contributed by atoms with Gasteiger partial charge in [0.2, 0.25) is 0 Å². The smallest absolute Gasteiger partial charge is 0.269 e. The van der Waals surface area contributed by atoms with E-state index in [9.17, 15) is 8.42 Å². The molecule has 0 saturated heterocycles. The van der Waals surface area contributed by atoms with Crippen LogP contribution in [0, 0.1) is 0 Å². The molecule has 0 bridgehead atoms. The molecule has 18 heavy (non-hydrogen) atoms. The largest absolute Gasteiger partial charge is 0.294 e. The zero-order valence-electron chi connectivity index (χ0n) is 9.22. The molecule has 2 aromatic heterocycles. The fourth-order valence-electron chi connectivity index (χ4n) is 1.04. The maximum atomic E-state index is 11.9. The van der Waals surface area contributed by atoms with E-state index in [4.69, 9.17) is 0 Å². The number of aromatic nitrogens is 3. The Labute approximate surface area is 112 Å². The zero-order valence-corrected chi connectivity index (χ0v) is 11.7. The van der Waals surface area contributed by atoms with Crippen LogP contribution in [0.4, 0.5) is 0 Å². The summed E-state index contributed by atoms with van der Waals surface area (Å²) < 4.78 is 29.2. The second kappa shape index (κ2) is 5.50. The van der Waals surface area contributed by atoms with Crippen molar-refractivity contribution in [2.75, 3.05) is 11.7 Å². The molecular weight excluding hydrogens is 294 g/mol. The van der Waals surface area contributed by atoms with E-state index in [2.05, 4.69) is 20.0 Å². The van der Waals surface area contributed by atoms with Crippen molar-refractivity contribution in [3.8, 4) is 0 Å². The van der Waals surface area contributed by atoms with Gasteiger partial charge in [-0.3, -0.25) is 5.43 Å². The molecule has 0 atom stereocenters. The van der Waals surface area contributed by atoms with E-state index in [0.29, 0.717) is 0 Å². The highest BCUT2D eigenvalue weighted by Crippen LogP contribution is 2.19. The van der Waals surface area contributed by atoms with E-state index in [1.165, 1.54) is 35.2 Å². The van der Waals surface area contributed by atoms with Crippen molar-refractivity contribution in [2.24, 2.45) is 4.40 Å². The van der Waals surface area contributed by atoms with Crippen LogP contribution in [0.1, 0.15) is 0 Å². The lowest BCUT2D eigenvalue weighted by molar-refractivity contribution is 0.600. The second-order valence-electron chi connectivity index (χ2n) is 2.99. The molecule has 0 radical (unpaired) electrons. The minimum absolute atomic E-state index is 0.208. The molecule has 0 aromatic carbocycles. The first kappa shape index (κ1) is 13.1. The van der Waals surface area contributed by atoms with E-state index in [1.54, 1.807) is 17.7 Å². The van der Waals surface area contributed by atoms with E-state index in [1.807, 2.05) is 0 Å². The average molecular weight is 303 g/mol.